The van der Waals surface area contributed by atoms with Gasteiger partial charge in [-0.25, -0.2) is 0 Å². The van der Waals surface area contributed by atoms with Crippen LogP contribution in [-0.2, 0) is 14.3 Å². The smallest absolute Gasteiger partial charge is 0.305 e. The summed E-state index contributed by atoms with van der Waals surface area (Å²) in [6, 6.07) is -0.636. The summed E-state index contributed by atoms with van der Waals surface area (Å²) in [5.74, 6) is -0.0896. The molecule has 2 atom stereocenters. The molecule has 6 heteroatoms. The third-order valence-electron chi connectivity index (χ3n) is 12.2. The lowest BCUT2D eigenvalue weighted by Gasteiger charge is -2.20. The van der Waals surface area contributed by atoms with Crippen LogP contribution in [-0.4, -0.2) is 47.4 Å². The van der Waals surface area contributed by atoms with Crippen molar-refractivity contribution < 1.29 is 24.5 Å². The number of ether oxygens (including phenoxy) is 1. The highest BCUT2D eigenvalue weighted by molar-refractivity contribution is 5.76. The SMILES string of the molecule is CCCCCCCC/C=C\CCCCCCCCCCCC(=O)OCCCCCCCCCCCCCCCC(=O)NC(CO)C(O)/C=C/CCCCCCCCCCC. The van der Waals surface area contributed by atoms with E-state index in [1.54, 1.807) is 6.08 Å². The van der Waals surface area contributed by atoms with Gasteiger partial charge in [-0.05, 0) is 57.8 Å². The van der Waals surface area contributed by atoms with E-state index in [9.17, 15) is 19.8 Å². The van der Waals surface area contributed by atoms with Gasteiger partial charge in [0.2, 0.25) is 5.91 Å². The molecule has 0 fully saturated rings. The molecule has 354 valence electrons. The number of unbranched alkanes of at least 4 members (excludes halogenated alkanes) is 36. The maximum atomic E-state index is 12.4. The first kappa shape index (κ1) is 58.3. The Labute approximate surface area is 373 Å². The highest BCUT2D eigenvalue weighted by Gasteiger charge is 2.18. The van der Waals surface area contributed by atoms with Crippen molar-refractivity contribution in [3.8, 4) is 0 Å². The number of aliphatic hydroxyl groups is 2. The molecule has 1 amide bonds. The van der Waals surface area contributed by atoms with Gasteiger partial charge in [0.25, 0.3) is 0 Å². The van der Waals surface area contributed by atoms with Crippen molar-refractivity contribution in [2.45, 2.75) is 296 Å². The van der Waals surface area contributed by atoms with Gasteiger partial charge >= 0.3 is 5.97 Å². The number of esters is 1. The summed E-state index contributed by atoms with van der Waals surface area (Å²) in [4.78, 5) is 24.5. The van der Waals surface area contributed by atoms with Crippen LogP contribution in [0.5, 0.6) is 0 Å². The molecule has 0 aliphatic carbocycles. The van der Waals surface area contributed by atoms with Crippen molar-refractivity contribution in [2.75, 3.05) is 13.2 Å². The number of carbonyl (C=O) groups excluding carboxylic acids is 2. The first-order chi connectivity index (χ1) is 29.5. The van der Waals surface area contributed by atoms with E-state index in [0.717, 1.165) is 57.8 Å². The molecule has 0 heterocycles. The third-order valence-corrected chi connectivity index (χ3v) is 12.2. The summed E-state index contributed by atoms with van der Waals surface area (Å²) in [5, 5.41) is 23.0. The Balaban J connectivity index is 3.43. The first-order valence-electron chi connectivity index (χ1n) is 26.6. The highest BCUT2D eigenvalue weighted by atomic mass is 16.5. The van der Waals surface area contributed by atoms with Gasteiger partial charge in [0.1, 0.15) is 0 Å². The number of carbonyl (C=O) groups is 2. The van der Waals surface area contributed by atoms with Crippen molar-refractivity contribution in [1.82, 2.24) is 5.32 Å². The van der Waals surface area contributed by atoms with Crippen LogP contribution in [0.1, 0.15) is 284 Å². The van der Waals surface area contributed by atoms with Crippen LogP contribution in [0.15, 0.2) is 24.3 Å². The molecule has 0 saturated carbocycles. The minimum atomic E-state index is -0.851. The number of rotatable bonds is 49. The molecule has 0 saturated heterocycles. The Morgan fingerprint density at radius 3 is 1.18 bits per heavy atom. The minimum Gasteiger partial charge on any atom is -0.466 e. The lowest BCUT2D eigenvalue weighted by molar-refractivity contribution is -0.143. The number of amides is 1. The molecular weight excluding hydrogens is 743 g/mol. The quantitative estimate of drug-likeness (QED) is 0.0322. The van der Waals surface area contributed by atoms with Crippen LogP contribution in [0.25, 0.3) is 0 Å². The molecule has 0 aliphatic heterocycles. The predicted octanol–water partition coefficient (Wildman–Crippen LogP) is 15.9. The van der Waals surface area contributed by atoms with Crippen molar-refractivity contribution in [3.63, 3.8) is 0 Å². The summed E-state index contributed by atoms with van der Waals surface area (Å²) >= 11 is 0. The van der Waals surface area contributed by atoms with E-state index >= 15 is 0 Å². The average Bonchev–Trinajstić information content (AvgIpc) is 3.25. The van der Waals surface area contributed by atoms with Crippen LogP contribution < -0.4 is 5.32 Å². The molecule has 0 radical (unpaired) electrons. The van der Waals surface area contributed by atoms with Gasteiger partial charge < -0.3 is 20.3 Å². The van der Waals surface area contributed by atoms with Crippen LogP contribution in [0.4, 0.5) is 0 Å². The number of hydrogen-bond donors (Lipinski definition) is 3. The molecular formula is C54H103NO5. The summed E-state index contributed by atoms with van der Waals surface area (Å²) in [7, 11) is 0. The molecule has 0 aromatic rings. The van der Waals surface area contributed by atoms with Crippen LogP contribution in [0, 0.1) is 0 Å². The highest BCUT2D eigenvalue weighted by Crippen LogP contribution is 2.16. The van der Waals surface area contributed by atoms with Crippen LogP contribution >= 0.6 is 0 Å². The topological polar surface area (TPSA) is 95.9 Å². The summed E-state index contributed by atoms with van der Waals surface area (Å²) in [5.41, 5.74) is 0. The number of hydrogen-bond acceptors (Lipinski definition) is 5. The number of aliphatic hydroxyl groups excluding tert-OH is 2. The molecule has 0 spiro atoms. The lowest BCUT2D eigenvalue weighted by Crippen LogP contribution is -2.45. The molecule has 0 aromatic heterocycles. The summed E-state index contributed by atoms with van der Waals surface area (Å²) in [6.07, 6.45) is 59.0. The van der Waals surface area contributed by atoms with E-state index in [1.165, 1.54) is 199 Å². The van der Waals surface area contributed by atoms with Gasteiger partial charge in [0.15, 0.2) is 0 Å². The number of allylic oxidation sites excluding steroid dienone is 3. The van der Waals surface area contributed by atoms with Crippen LogP contribution in [0.2, 0.25) is 0 Å². The third kappa shape index (κ3) is 45.9. The summed E-state index contributed by atoms with van der Waals surface area (Å²) in [6.45, 7) is 4.86. The second-order valence-electron chi connectivity index (χ2n) is 18.2. The Morgan fingerprint density at radius 2 is 0.783 bits per heavy atom. The van der Waals surface area contributed by atoms with Gasteiger partial charge in [-0.2, -0.15) is 0 Å². The molecule has 3 N–H and O–H groups in total. The fraction of sp³-hybridized carbons (Fsp3) is 0.889. The van der Waals surface area contributed by atoms with Crippen molar-refractivity contribution in [1.29, 1.82) is 0 Å². The Morgan fingerprint density at radius 1 is 0.450 bits per heavy atom. The van der Waals surface area contributed by atoms with Gasteiger partial charge in [0.05, 0.1) is 25.4 Å². The molecule has 0 aromatic carbocycles. The zero-order chi connectivity index (χ0) is 43.7. The standard InChI is InChI=1S/C54H103NO5/c1-3-5-7-9-11-13-15-16-17-18-19-20-21-24-28-32-36-40-44-48-54(59)60-49-45-41-37-33-29-25-22-23-27-31-35-39-43-47-53(58)55-51(50-56)52(57)46-42-38-34-30-26-14-12-10-8-6-4-2/h16-17,42,46,51-52,56-57H,3-15,18-41,43-45,47-50H2,1-2H3,(H,55,58)/b17-16-,46-42+. The van der Waals surface area contributed by atoms with E-state index < -0.39 is 12.1 Å². The molecule has 60 heavy (non-hydrogen) atoms. The predicted molar refractivity (Wildman–Crippen MR) is 260 cm³/mol. The van der Waals surface area contributed by atoms with E-state index in [0.29, 0.717) is 19.4 Å². The zero-order valence-corrected chi connectivity index (χ0v) is 40.2. The zero-order valence-electron chi connectivity index (χ0n) is 40.2. The first-order valence-corrected chi connectivity index (χ1v) is 26.6. The maximum absolute atomic E-state index is 12.4. The largest absolute Gasteiger partial charge is 0.466 e. The minimum absolute atomic E-state index is 0.00767. The monoisotopic (exact) mass is 846 g/mol. The van der Waals surface area contributed by atoms with Crippen molar-refractivity contribution >= 4 is 11.9 Å². The fourth-order valence-electron chi connectivity index (χ4n) is 8.10. The van der Waals surface area contributed by atoms with Crippen LogP contribution in [0.3, 0.4) is 0 Å². The summed E-state index contributed by atoms with van der Waals surface area (Å²) < 4.78 is 5.48. The fourth-order valence-corrected chi connectivity index (χ4v) is 8.10. The molecule has 0 bridgehead atoms. The Hall–Kier alpha value is -1.66. The van der Waals surface area contributed by atoms with Crippen molar-refractivity contribution in [3.05, 3.63) is 24.3 Å². The maximum Gasteiger partial charge on any atom is 0.305 e. The lowest BCUT2D eigenvalue weighted by atomic mass is 10.0. The van der Waals surface area contributed by atoms with Crippen molar-refractivity contribution in [2.24, 2.45) is 0 Å². The van der Waals surface area contributed by atoms with Gasteiger partial charge in [-0.3, -0.25) is 9.59 Å². The van der Waals surface area contributed by atoms with E-state index in [2.05, 4.69) is 31.3 Å². The Bertz CT molecular complexity index is 935. The molecule has 6 nitrogen and oxygen atoms in total. The second-order valence-corrected chi connectivity index (χ2v) is 18.2. The molecule has 2 unspecified atom stereocenters. The molecule has 0 aliphatic rings. The van der Waals surface area contributed by atoms with Gasteiger partial charge in [-0.15, -0.1) is 0 Å². The number of nitrogens with one attached hydrogen (secondary N) is 1. The van der Waals surface area contributed by atoms with E-state index in [4.69, 9.17) is 4.74 Å². The average molecular weight is 846 g/mol. The Kier molecular flexibility index (Phi) is 48.6. The van der Waals surface area contributed by atoms with E-state index in [-0.39, 0.29) is 18.5 Å². The normalized spacial score (nSPS) is 12.8. The van der Waals surface area contributed by atoms with Gasteiger partial charge in [0, 0.05) is 12.8 Å². The second kappa shape index (κ2) is 50.0. The molecule has 0 rings (SSSR count). The van der Waals surface area contributed by atoms with Gasteiger partial charge in [-0.1, -0.05) is 237 Å². The van der Waals surface area contributed by atoms with E-state index in [1.807, 2.05) is 6.08 Å².